The zero-order valence-electron chi connectivity index (χ0n) is 6.50. The van der Waals surface area contributed by atoms with Gasteiger partial charge >= 0.3 is 0 Å². The van der Waals surface area contributed by atoms with Crippen LogP contribution in [0.15, 0.2) is 4.99 Å². The SMILES string of the molecule is CC[C@@H](C)[C@H]1COC(N)=N1. The topological polar surface area (TPSA) is 47.6 Å². The van der Waals surface area contributed by atoms with Crippen molar-refractivity contribution < 1.29 is 4.74 Å². The fourth-order valence-electron chi connectivity index (χ4n) is 0.972. The van der Waals surface area contributed by atoms with Gasteiger partial charge in [0.2, 0.25) is 0 Å². The lowest BCUT2D eigenvalue weighted by molar-refractivity contribution is 0.279. The van der Waals surface area contributed by atoms with Crippen LogP contribution in [-0.2, 0) is 4.74 Å². The molecular weight excluding hydrogens is 128 g/mol. The van der Waals surface area contributed by atoms with E-state index in [1.54, 1.807) is 0 Å². The molecule has 0 aromatic rings. The van der Waals surface area contributed by atoms with Gasteiger partial charge in [0, 0.05) is 0 Å². The lowest BCUT2D eigenvalue weighted by Crippen LogP contribution is -2.16. The predicted molar refractivity (Wildman–Crippen MR) is 40.8 cm³/mol. The van der Waals surface area contributed by atoms with Crippen LogP contribution in [0.4, 0.5) is 0 Å². The van der Waals surface area contributed by atoms with E-state index in [-0.39, 0.29) is 0 Å². The second-order valence-electron chi connectivity index (χ2n) is 2.73. The Morgan fingerprint density at radius 2 is 2.60 bits per heavy atom. The first-order valence-electron chi connectivity index (χ1n) is 3.70. The maximum atomic E-state index is 5.35. The molecule has 0 aliphatic carbocycles. The molecule has 0 spiro atoms. The molecule has 1 heterocycles. The molecule has 0 saturated carbocycles. The quantitative estimate of drug-likeness (QED) is 0.618. The molecule has 58 valence electrons. The van der Waals surface area contributed by atoms with Gasteiger partial charge < -0.3 is 10.5 Å². The third-order valence-electron chi connectivity index (χ3n) is 2.00. The summed E-state index contributed by atoms with van der Waals surface area (Å²) in [7, 11) is 0. The number of rotatable bonds is 2. The highest BCUT2D eigenvalue weighted by Gasteiger charge is 2.21. The molecule has 10 heavy (non-hydrogen) atoms. The minimum atomic E-state index is 0.296. The average Bonchev–Trinajstić information content (AvgIpc) is 2.34. The van der Waals surface area contributed by atoms with Crippen LogP contribution in [-0.4, -0.2) is 18.7 Å². The number of nitrogens with zero attached hydrogens (tertiary/aromatic N) is 1. The largest absolute Gasteiger partial charge is 0.463 e. The average molecular weight is 142 g/mol. The Morgan fingerprint density at radius 1 is 1.90 bits per heavy atom. The van der Waals surface area contributed by atoms with Crippen molar-refractivity contribution in [2.24, 2.45) is 16.6 Å². The molecule has 3 heteroatoms. The predicted octanol–water partition coefficient (Wildman–Crippen LogP) is 0.746. The van der Waals surface area contributed by atoms with Gasteiger partial charge in [0.1, 0.15) is 6.61 Å². The molecule has 0 unspecified atom stereocenters. The van der Waals surface area contributed by atoms with Crippen molar-refractivity contribution in [2.45, 2.75) is 26.3 Å². The van der Waals surface area contributed by atoms with Crippen LogP contribution in [0.3, 0.4) is 0 Å². The van der Waals surface area contributed by atoms with Crippen molar-refractivity contribution in [3.63, 3.8) is 0 Å². The summed E-state index contributed by atoms with van der Waals surface area (Å²) in [5.41, 5.74) is 5.35. The van der Waals surface area contributed by atoms with Crippen LogP contribution < -0.4 is 5.73 Å². The molecular formula is C7H14N2O. The number of hydrogen-bond acceptors (Lipinski definition) is 3. The molecule has 0 fully saturated rings. The van der Waals surface area contributed by atoms with Crippen LogP contribution in [0.1, 0.15) is 20.3 Å². The summed E-state index contributed by atoms with van der Waals surface area (Å²) in [6.07, 6.45) is 1.13. The van der Waals surface area contributed by atoms with Gasteiger partial charge in [0.25, 0.3) is 6.02 Å². The highest BCUT2D eigenvalue weighted by Crippen LogP contribution is 2.15. The maximum absolute atomic E-state index is 5.35. The Labute approximate surface area is 61.3 Å². The van der Waals surface area contributed by atoms with Gasteiger partial charge in [-0.1, -0.05) is 20.3 Å². The van der Waals surface area contributed by atoms with Gasteiger partial charge in [-0.15, -0.1) is 0 Å². The third kappa shape index (κ3) is 1.40. The summed E-state index contributed by atoms with van der Waals surface area (Å²) in [5, 5.41) is 0. The van der Waals surface area contributed by atoms with E-state index in [2.05, 4.69) is 18.8 Å². The van der Waals surface area contributed by atoms with Crippen molar-refractivity contribution >= 4 is 6.02 Å². The Kier molecular flexibility index (Phi) is 2.14. The standard InChI is InChI=1S/C7H14N2O/c1-3-5(2)6-4-10-7(8)9-6/h5-6H,3-4H2,1-2H3,(H2,8,9)/t5-,6-/m1/s1. The van der Waals surface area contributed by atoms with Crippen LogP contribution in [0.25, 0.3) is 0 Å². The van der Waals surface area contributed by atoms with Gasteiger partial charge in [-0.05, 0) is 5.92 Å². The molecule has 1 aliphatic rings. The lowest BCUT2D eigenvalue weighted by Gasteiger charge is -2.10. The summed E-state index contributed by atoms with van der Waals surface area (Å²) < 4.78 is 5.02. The first kappa shape index (κ1) is 7.38. The molecule has 0 radical (unpaired) electrons. The minimum Gasteiger partial charge on any atom is -0.463 e. The number of ether oxygens (including phenoxy) is 1. The van der Waals surface area contributed by atoms with Gasteiger partial charge in [-0.3, -0.25) is 0 Å². The molecule has 0 amide bonds. The van der Waals surface area contributed by atoms with Crippen molar-refractivity contribution in [3.05, 3.63) is 0 Å². The van der Waals surface area contributed by atoms with Crippen LogP contribution >= 0.6 is 0 Å². The monoisotopic (exact) mass is 142 g/mol. The second-order valence-corrected chi connectivity index (χ2v) is 2.73. The van der Waals surface area contributed by atoms with E-state index in [0.717, 1.165) is 6.42 Å². The highest BCUT2D eigenvalue weighted by atomic mass is 16.5. The zero-order valence-corrected chi connectivity index (χ0v) is 6.50. The summed E-state index contributed by atoms with van der Waals surface area (Å²) in [5.74, 6) is 0.584. The Balaban J connectivity index is 2.44. The fourth-order valence-corrected chi connectivity index (χ4v) is 0.972. The maximum Gasteiger partial charge on any atom is 0.282 e. The molecule has 2 atom stereocenters. The molecule has 0 aromatic heterocycles. The van der Waals surface area contributed by atoms with Crippen molar-refractivity contribution in [2.75, 3.05) is 6.61 Å². The Morgan fingerprint density at radius 3 is 3.00 bits per heavy atom. The smallest absolute Gasteiger partial charge is 0.282 e. The van der Waals surface area contributed by atoms with E-state index in [0.29, 0.717) is 24.6 Å². The molecule has 3 nitrogen and oxygen atoms in total. The Bertz CT molecular complexity index is 145. The van der Waals surface area contributed by atoms with Gasteiger partial charge in [0.05, 0.1) is 6.04 Å². The van der Waals surface area contributed by atoms with E-state index < -0.39 is 0 Å². The van der Waals surface area contributed by atoms with E-state index in [4.69, 9.17) is 10.5 Å². The molecule has 1 aliphatic heterocycles. The normalized spacial score (nSPS) is 27.4. The Hall–Kier alpha value is -0.730. The first-order chi connectivity index (χ1) is 4.74. The van der Waals surface area contributed by atoms with E-state index >= 15 is 0 Å². The van der Waals surface area contributed by atoms with E-state index in [1.807, 2.05) is 0 Å². The van der Waals surface area contributed by atoms with Crippen LogP contribution in [0.5, 0.6) is 0 Å². The van der Waals surface area contributed by atoms with Crippen LogP contribution in [0.2, 0.25) is 0 Å². The van der Waals surface area contributed by atoms with Crippen molar-refractivity contribution in [1.82, 2.24) is 0 Å². The van der Waals surface area contributed by atoms with Crippen molar-refractivity contribution in [3.8, 4) is 0 Å². The number of aliphatic imine (C=N–C) groups is 1. The van der Waals surface area contributed by atoms with Gasteiger partial charge in [0.15, 0.2) is 0 Å². The molecule has 0 saturated heterocycles. The number of nitrogens with two attached hydrogens (primary N) is 1. The third-order valence-corrected chi connectivity index (χ3v) is 2.00. The minimum absolute atomic E-state index is 0.296. The number of amidine groups is 1. The highest BCUT2D eigenvalue weighted by molar-refractivity contribution is 5.73. The summed E-state index contributed by atoms with van der Waals surface area (Å²) in [6.45, 7) is 4.98. The lowest BCUT2D eigenvalue weighted by atomic mass is 10.0. The van der Waals surface area contributed by atoms with E-state index in [1.165, 1.54) is 0 Å². The second kappa shape index (κ2) is 2.90. The molecule has 1 rings (SSSR count). The van der Waals surface area contributed by atoms with Gasteiger partial charge in [-0.2, -0.15) is 0 Å². The molecule has 2 N–H and O–H groups in total. The van der Waals surface area contributed by atoms with Crippen LogP contribution in [0, 0.1) is 5.92 Å². The summed E-state index contributed by atoms with van der Waals surface area (Å²) >= 11 is 0. The molecule has 0 bridgehead atoms. The fraction of sp³-hybridized carbons (Fsp3) is 0.857. The first-order valence-corrected chi connectivity index (χ1v) is 3.70. The number of hydrogen-bond donors (Lipinski definition) is 1. The zero-order chi connectivity index (χ0) is 7.56. The van der Waals surface area contributed by atoms with Crippen molar-refractivity contribution in [1.29, 1.82) is 0 Å². The summed E-state index contributed by atoms with van der Waals surface area (Å²) in [4.78, 5) is 4.13. The van der Waals surface area contributed by atoms with E-state index in [9.17, 15) is 0 Å². The van der Waals surface area contributed by atoms with Gasteiger partial charge in [-0.25, -0.2) is 4.99 Å². The molecule has 0 aromatic carbocycles. The summed E-state index contributed by atoms with van der Waals surface area (Å²) in [6, 6.07) is 0.648.